The summed E-state index contributed by atoms with van der Waals surface area (Å²) in [5.41, 5.74) is 1.94. The highest BCUT2D eigenvalue weighted by molar-refractivity contribution is 8.13. The van der Waals surface area contributed by atoms with E-state index >= 15 is 0 Å². The number of carbonyl (C=O) groups is 1. The molecule has 0 aliphatic rings. The SMILES string of the molecule is CCSC(=O)[C@@H](OCc1ccccc1)[C@H](O)/C=C/c1ccccc1. The van der Waals surface area contributed by atoms with E-state index < -0.39 is 12.2 Å². The fourth-order valence-corrected chi connectivity index (χ4v) is 2.82. The Bertz CT molecular complexity index is 640. The molecule has 2 aromatic rings. The number of carbonyl (C=O) groups excluding carboxylic acids is 1. The molecule has 0 saturated heterocycles. The van der Waals surface area contributed by atoms with Gasteiger partial charge in [0.1, 0.15) is 6.10 Å². The Kier molecular flexibility index (Phi) is 7.75. The van der Waals surface area contributed by atoms with Gasteiger partial charge in [-0.3, -0.25) is 4.79 Å². The highest BCUT2D eigenvalue weighted by atomic mass is 32.2. The fourth-order valence-electron chi connectivity index (χ4n) is 2.17. The van der Waals surface area contributed by atoms with Gasteiger partial charge in [0.15, 0.2) is 6.10 Å². The van der Waals surface area contributed by atoms with Gasteiger partial charge in [-0.1, -0.05) is 91.5 Å². The van der Waals surface area contributed by atoms with Crippen LogP contribution in [-0.4, -0.2) is 28.2 Å². The standard InChI is InChI=1S/C20H22O3S/c1-2-24-20(22)19(23-15-17-11-7-4-8-12-17)18(21)14-13-16-9-5-3-6-10-16/h3-14,18-19,21H,2,15H2,1H3/b14-13+/t18-,19+/m1/s1. The maximum absolute atomic E-state index is 12.3. The molecule has 0 aliphatic heterocycles. The summed E-state index contributed by atoms with van der Waals surface area (Å²) in [6, 6.07) is 19.3. The Hall–Kier alpha value is -1.88. The molecule has 0 radical (unpaired) electrons. The summed E-state index contributed by atoms with van der Waals surface area (Å²) in [5, 5.41) is 10.2. The van der Waals surface area contributed by atoms with Crippen LogP contribution in [0, 0.1) is 0 Å². The van der Waals surface area contributed by atoms with Crippen molar-refractivity contribution < 1.29 is 14.6 Å². The van der Waals surface area contributed by atoms with Gasteiger partial charge in [-0.15, -0.1) is 0 Å². The number of hydrogen-bond donors (Lipinski definition) is 1. The lowest BCUT2D eigenvalue weighted by molar-refractivity contribution is -0.128. The van der Waals surface area contributed by atoms with Gasteiger partial charge in [-0.2, -0.15) is 0 Å². The van der Waals surface area contributed by atoms with Gasteiger partial charge in [0.05, 0.1) is 6.61 Å². The number of rotatable bonds is 8. The third-order valence-corrected chi connectivity index (χ3v) is 4.19. The van der Waals surface area contributed by atoms with Gasteiger partial charge in [0.25, 0.3) is 0 Å². The lowest BCUT2D eigenvalue weighted by Gasteiger charge is -2.19. The van der Waals surface area contributed by atoms with Crippen LogP contribution < -0.4 is 0 Å². The summed E-state index contributed by atoms with van der Waals surface area (Å²) in [5.74, 6) is 0.652. The van der Waals surface area contributed by atoms with Crippen LogP contribution in [0.2, 0.25) is 0 Å². The first-order valence-corrected chi connectivity index (χ1v) is 8.92. The molecule has 4 heteroatoms. The quantitative estimate of drug-likeness (QED) is 0.790. The number of ether oxygens (including phenoxy) is 1. The molecule has 0 spiro atoms. The van der Waals surface area contributed by atoms with Crippen molar-refractivity contribution in [2.45, 2.75) is 25.7 Å². The molecule has 0 unspecified atom stereocenters. The summed E-state index contributed by atoms with van der Waals surface area (Å²) in [4.78, 5) is 12.3. The zero-order valence-electron chi connectivity index (χ0n) is 13.7. The largest absolute Gasteiger partial charge is 0.386 e. The highest BCUT2D eigenvalue weighted by Crippen LogP contribution is 2.16. The molecule has 0 bridgehead atoms. The smallest absolute Gasteiger partial charge is 0.220 e. The molecule has 2 aromatic carbocycles. The summed E-state index contributed by atoms with van der Waals surface area (Å²) >= 11 is 1.17. The van der Waals surface area contributed by atoms with Gasteiger partial charge >= 0.3 is 0 Å². The molecular weight excluding hydrogens is 320 g/mol. The van der Waals surface area contributed by atoms with Crippen LogP contribution in [0.4, 0.5) is 0 Å². The van der Waals surface area contributed by atoms with E-state index in [2.05, 4.69) is 0 Å². The monoisotopic (exact) mass is 342 g/mol. The van der Waals surface area contributed by atoms with E-state index in [1.165, 1.54) is 11.8 Å². The molecule has 3 nitrogen and oxygen atoms in total. The molecular formula is C20H22O3S. The first kappa shape index (κ1) is 18.5. The predicted octanol–water partition coefficient (Wildman–Crippen LogP) is 3.93. The fraction of sp³-hybridized carbons (Fsp3) is 0.250. The number of thioether (sulfide) groups is 1. The topological polar surface area (TPSA) is 46.5 Å². The minimum absolute atomic E-state index is 0.154. The van der Waals surface area contributed by atoms with Gasteiger partial charge in [-0.25, -0.2) is 0 Å². The summed E-state index contributed by atoms with van der Waals surface area (Å²) in [6.45, 7) is 2.20. The lowest BCUT2D eigenvalue weighted by Crippen LogP contribution is -2.34. The van der Waals surface area contributed by atoms with E-state index in [1.54, 1.807) is 12.2 Å². The van der Waals surface area contributed by atoms with E-state index in [0.29, 0.717) is 5.75 Å². The summed E-state index contributed by atoms with van der Waals surface area (Å²) in [7, 11) is 0. The molecule has 2 rings (SSSR count). The van der Waals surface area contributed by atoms with Crippen molar-refractivity contribution in [3.8, 4) is 0 Å². The van der Waals surface area contributed by atoms with Crippen LogP contribution in [0.15, 0.2) is 66.7 Å². The molecule has 0 aliphatic carbocycles. The van der Waals surface area contributed by atoms with Crippen molar-refractivity contribution in [1.82, 2.24) is 0 Å². The van der Waals surface area contributed by atoms with Crippen LogP contribution in [-0.2, 0) is 16.1 Å². The Morgan fingerprint density at radius 2 is 1.75 bits per heavy atom. The third kappa shape index (κ3) is 5.96. The van der Waals surface area contributed by atoms with Gasteiger partial charge in [0.2, 0.25) is 5.12 Å². The number of hydrogen-bond acceptors (Lipinski definition) is 4. The molecule has 0 saturated carbocycles. The maximum Gasteiger partial charge on any atom is 0.220 e. The van der Waals surface area contributed by atoms with E-state index in [1.807, 2.05) is 67.6 Å². The van der Waals surface area contributed by atoms with Crippen LogP contribution in [0.3, 0.4) is 0 Å². The lowest BCUT2D eigenvalue weighted by atomic mass is 10.1. The minimum Gasteiger partial charge on any atom is -0.386 e. The second-order valence-electron chi connectivity index (χ2n) is 5.23. The van der Waals surface area contributed by atoms with E-state index in [9.17, 15) is 9.90 Å². The molecule has 0 fully saturated rings. The maximum atomic E-state index is 12.3. The van der Waals surface area contributed by atoms with Gasteiger partial charge < -0.3 is 9.84 Å². The molecule has 24 heavy (non-hydrogen) atoms. The number of aliphatic hydroxyl groups is 1. The normalized spacial score (nSPS) is 13.8. The van der Waals surface area contributed by atoms with Crippen LogP contribution in [0.1, 0.15) is 18.1 Å². The van der Waals surface area contributed by atoms with E-state index in [4.69, 9.17) is 4.74 Å². The Balaban J connectivity index is 2.04. The molecule has 0 aromatic heterocycles. The minimum atomic E-state index is -0.986. The second kappa shape index (κ2) is 10.1. The van der Waals surface area contributed by atoms with Crippen LogP contribution in [0.25, 0.3) is 6.08 Å². The number of aliphatic hydroxyl groups excluding tert-OH is 1. The van der Waals surface area contributed by atoms with Crippen LogP contribution in [0.5, 0.6) is 0 Å². The molecule has 0 amide bonds. The molecule has 2 atom stereocenters. The molecule has 0 heterocycles. The van der Waals surface area contributed by atoms with Crippen molar-refractivity contribution in [2.24, 2.45) is 0 Å². The second-order valence-corrected chi connectivity index (χ2v) is 6.50. The zero-order chi connectivity index (χ0) is 17.2. The van der Waals surface area contributed by atoms with E-state index in [0.717, 1.165) is 11.1 Å². The Labute approximate surface area is 147 Å². The van der Waals surface area contributed by atoms with Crippen molar-refractivity contribution in [2.75, 3.05) is 5.75 Å². The number of benzene rings is 2. The third-order valence-electron chi connectivity index (χ3n) is 3.39. The van der Waals surface area contributed by atoms with Gasteiger partial charge in [-0.05, 0) is 16.9 Å². The van der Waals surface area contributed by atoms with Crippen molar-refractivity contribution in [3.05, 3.63) is 77.9 Å². The average Bonchev–Trinajstić information content (AvgIpc) is 2.62. The van der Waals surface area contributed by atoms with Crippen molar-refractivity contribution in [3.63, 3.8) is 0 Å². The van der Waals surface area contributed by atoms with Crippen molar-refractivity contribution >= 4 is 23.0 Å². The molecule has 126 valence electrons. The summed E-state index contributed by atoms with van der Waals surface area (Å²) in [6.07, 6.45) is 1.54. The van der Waals surface area contributed by atoms with E-state index in [-0.39, 0.29) is 11.7 Å². The predicted molar refractivity (Wildman–Crippen MR) is 99.6 cm³/mol. The van der Waals surface area contributed by atoms with Gasteiger partial charge in [0, 0.05) is 0 Å². The van der Waals surface area contributed by atoms with Crippen LogP contribution >= 0.6 is 11.8 Å². The molecule has 1 N–H and O–H groups in total. The Morgan fingerprint density at radius 1 is 1.12 bits per heavy atom. The Morgan fingerprint density at radius 3 is 2.38 bits per heavy atom. The first-order chi connectivity index (χ1) is 11.7. The first-order valence-electron chi connectivity index (χ1n) is 7.94. The highest BCUT2D eigenvalue weighted by Gasteiger charge is 2.26. The summed E-state index contributed by atoms with van der Waals surface area (Å²) < 4.78 is 5.72. The van der Waals surface area contributed by atoms with Crippen molar-refractivity contribution in [1.29, 1.82) is 0 Å². The average molecular weight is 342 g/mol. The zero-order valence-corrected chi connectivity index (χ0v) is 14.5.